The topological polar surface area (TPSA) is 65.1 Å². The molecule has 0 saturated heterocycles. The van der Waals surface area contributed by atoms with Gasteiger partial charge in [0, 0.05) is 18.3 Å². The molecule has 3 N–H and O–H groups in total. The fraction of sp³-hybridized carbons (Fsp3) is 0.357. The molecule has 5 nitrogen and oxygen atoms in total. The van der Waals surface area contributed by atoms with Gasteiger partial charge in [-0.05, 0) is 24.1 Å². The quantitative estimate of drug-likeness (QED) is 0.626. The van der Waals surface area contributed by atoms with Crippen molar-refractivity contribution in [2.75, 3.05) is 7.11 Å². The Morgan fingerprint density at radius 3 is 2.90 bits per heavy atom. The maximum Gasteiger partial charge on any atom is 0.165 e. The Labute approximate surface area is 117 Å². The number of nitrogens with zero attached hydrogens (tertiary/aromatic N) is 2. The highest BCUT2D eigenvalue weighted by molar-refractivity contribution is 5.36. The molecule has 0 aliphatic carbocycles. The van der Waals surface area contributed by atoms with E-state index < -0.39 is 5.82 Å². The maximum atomic E-state index is 13.5. The number of ether oxygens (including phenoxy) is 1. The molecule has 2 aromatic rings. The largest absolute Gasteiger partial charge is 0.494 e. The summed E-state index contributed by atoms with van der Waals surface area (Å²) in [5, 5.41) is 4.28. The van der Waals surface area contributed by atoms with Crippen molar-refractivity contribution in [3.63, 3.8) is 0 Å². The number of nitrogens with one attached hydrogen (secondary N) is 1. The Hall–Kier alpha value is -1.92. The van der Waals surface area contributed by atoms with E-state index in [0.29, 0.717) is 0 Å². The van der Waals surface area contributed by atoms with Crippen molar-refractivity contribution in [1.29, 1.82) is 0 Å². The summed E-state index contributed by atoms with van der Waals surface area (Å²) in [6, 6.07) is 4.43. The molecule has 20 heavy (non-hydrogen) atoms. The van der Waals surface area contributed by atoms with Crippen LogP contribution < -0.4 is 16.0 Å². The van der Waals surface area contributed by atoms with Gasteiger partial charge in [-0.2, -0.15) is 5.10 Å². The van der Waals surface area contributed by atoms with Crippen LogP contribution in [-0.4, -0.2) is 16.9 Å². The highest BCUT2D eigenvalue weighted by atomic mass is 19.1. The van der Waals surface area contributed by atoms with E-state index in [1.54, 1.807) is 18.3 Å². The molecular weight excluding hydrogens is 259 g/mol. The first kappa shape index (κ1) is 14.5. The molecule has 1 aromatic carbocycles. The molecule has 1 unspecified atom stereocenters. The van der Waals surface area contributed by atoms with Crippen LogP contribution in [0.1, 0.15) is 30.5 Å². The molecule has 0 aliphatic rings. The van der Waals surface area contributed by atoms with E-state index in [1.165, 1.54) is 13.2 Å². The van der Waals surface area contributed by atoms with E-state index in [1.807, 2.05) is 10.9 Å². The van der Waals surface area contributed by atoms with Crippen molar-refractivity contribution < 1.29 is 9.13 Å². The second-order valence-electron chi connectivity index (χ2n) is 4.53. The third-order valence-corrected chi connectivity index (χ3v) is 3.11. The molecule has 0 bridgehead atoms. The molecule has 0 spiro atoms. The number of methoxy groups -OCH3 is 1. The summed E-state index contributed by atoms with van der Waals surface area (Å²) in [4.78, 5) is 0. The van der Waals surface area contributed by atoms with Gasteiger partial charge in [-0.1, -0.05) is 13.0 Å². The Bertz CT molecular complexity index is 570. The van der Waals surface area contributed by atoms with Crippen LogP contribution in [0.3, 0.4) is 0 Å². The van der Waals surface area contributed by atoms with Crippen LogP contribution in [0, 0.1) is 5.82 Å². The highest BCUT2D eigenvalue weighted by Crippen LogP contribution is 2.26. The normalized spacial score (nSPS) is 12.4. The van der Waals surface area contributed by atoms with Gasteiger partial charge < -0.3 is 4.74 Å². The summed E-state index contributed by atoms with van der Waals surface area (Å²) < 4.78 is 20.3. The van der Waals surface area contributed by atoms with Crippen LogP contribution in [0.15, 0.2) is 30.6 Å². The van der Waals surface area contributed by atoms with Crippen molar-refractivity contribution in [3.8, 4) is 5.75 Å². The minimum absolute atomic E-state index is 0.198. The second-order valence-corrected chi connectivity index (χ2v) is 4.53. The minimum Gasteiger partial charge on any atom is -0.494 e. The summed E-state index contributed by atoms with van der Waals surface area (Å²) in [6.45, 7) is 2.94. The number of halogens is 1. The third kappa shape index (κ3) is 2.97. The second kappa shape index (κ2) is 6.49. The number of nitrogens with two attached hydrogens (primary N) is 1. The molecule has 0 aliphatic heterocycles. The zero-order valence-corrected chi connectivity index (χ0v) is 11.6. The molecule has 108 valence electrons. The lowest BCUT2D eigenvalue weighted by Crippen LogP contribution is -2.28. The molecule has 1 atom stereocenters. The van der Waals surface area contributed by atoms with Crippen LogP contribution in [0.2, 0.25) is 0 Å². The molecule has 0 fully saturated rings. The predicted octanol–water partition coefficient (Wildman–Crippen LogP) is 1.99. The lowest BCUT2D eigenvalue weighted by Gasteiger charge is -2.15. The molecule has 2 rings (SSSR count). The lowest BCUT2D eigenvalue weighted by atomic mass is 10.0. The first-order chi connectivity index (χ1) is 9.69. The van der Waals surface area contributed by atoms with Crippen molar-refractivity contribution >= 4 is 0 Å². The first-order valence-electron chi connectivity index (χ1n) is 6.51. The molecule has 6 heteroatoms. The Morgan fingerprint density at radius 1 is 1.45 bits per heavy atom. The lowest BCUT2D eigenvalue weighted by molar-refractivity contribution is 0.385. The standard InChI is InChI=1S/C14H19FN4O/c1-3-6-19-9-11(8-17-19)14(18-16)10-4-5-12(15)13(7-10)20-2/h4-5,7-9,14,18H,3,6,16H2,1-2H3. The van der Waals surface area contributed by atoms with E-state index in [9.17, 15) is 4.39 Å². The van der Waals surface area contributed by atoms with Crippen LogP contribution in [0.25, 0.3) is 0 Å². The van der Waals surface area contributed by atoms with Gasteiger partial charge >= 0.3 is 0 Å². The highest BCUT2D eigenvalue weighted by Gasteiger charge is 2.16. The van der Waals surface area contributed by atoms with E-state index in [0.717, 1.165) is 24.1 Å². The van der Waals surface area contributed by atoms with Crippen LogP contribution in [-0.2, 0) is 6.54 Å². The number of hydrazine groups is 1. The fourth-order valence-corrected chi connectivity index (χ4v) is 2.12. The molecule has 0 saturated carbocycles. The van der Waals surface area contributed by atoms with E-state index in [2.05, 4.69) is 17.4 Å². The van der Waals surface area contributed by atoms with Gasteiger partial charge in [-0.25, -0.2) is 9.82 Å². The maximum absolute atomic E-state index is 13.5. The summed E-state index contributed by atoms with van der Waals surface area (Å²) >= 11 is 0. The number of aryl methyl sites for hydroxylation is 1. The van der Waals surface area contributed by atoms with Gasteiger partial charge in [0.15, 0.2) is 11.6 Å². The Kier molecular flexibility index (Phi) is 4.70. The van der Waals surface area contributed by atoms with Gasteiger partial charge in [0.25, 0.3) is 0 Å². The van der Waals surface area contributed by atoms with Gasteiger partial charge in [-0.15, -0.1) is 0 Å². The third-order valence-electron chi connectivity index (χ3n) is 3.11. The predicted molar refractivity (Wildman–Crippen MR) is 74.6 cm³/mol. The molecule has 1 aromatic heterocycles. The minimum atomic E-state index is -0.395. The number of hydrogen-bond acceptors (Lipinski definition) is 4. The molecule has 0 radical (unpaired) electrons. The molecular formula is C14H19FN4O. The number of benzene rings is 1. The van der Waals surface area contributed by atoms with Crippen LogP contribution in [0.5, 0.6) is 5.75 Å². The van der Waals surface area contributed by atoms with Gasteiger partial charge in [-0.3, -0.25) is 10.5 Å². The van der Waals surface area contributed by atoms with Crippen LogP contribution >= 0.6 is 0 Å². The van der Waals surface area contributed by atoms with Crippen molar-refractivity contribution in [2.45, 2.75) is 25.9 Å². The SMILES string of the molecule is CCCn1cc(C(NN)c2ccc(F)c(OC)c2)cn1. The summed E-state index contributed by atoms with van der Waals surface area (Å²) in [5.41, 5.74) is 4.48. The zero-order valence-electron chi connectivity index (χ0n) is 11.6. The number of rotatable bonds is 6. The average molecular weight is 278 g/mol. The summed E-state index contributed by atoms with van der Waals surface area (Å²) in [7, 11) is 1.44. The van der Waals surface area contributed by atoms with Crippen LogP contribution in [0.4, 0.5) is 4.39 Å². The average Bonchev–Trinajstić information content (AvgIpc) is 2.90. The Morgan fingerprint density at radius 2 is 2.25 bits per heavy atom. The van der Waals surface area contributed by atoms with E-state index in [-0.39, 0.29) is 11.8 Å². The molecule has 1 heterocycles. The monoisotopic (exact) mass is 278 g/mol. The van der Waals surface area contributed by atoms with E-state index >= 15 is 0 Å². The van der Waals surface area contributed by atoms with E-state index in [4.69, 9.17) is 10.6 Å². The summed E-state index contributed by atoms with van der Waals surface area (Å²) in [6.07, 6.45) is 4.70. The van der Waals surface area contributed by atoms with Crippen molar-refractivity contribution in [2.24, 2.45) is 5.84 Å². The number of aromatic nitrogens is 2. The zero-order chi connectivity index (χ0) is 14.5. The fourth-order valence-electron chi connectivity index (χ4n) is 2.12. The van der Waals surface area contributed by atoms with Gasteiger partial charge in [0.2, 0.25) is 0 Å². The smallest absolute Gasteiger partial charge is 0.165 e. The number of hydrogen-bond donors (Lipinski definition) is 2. The van der Waals surface area contributed by atoms with Crippen molar-refractivity contribution in [3.05, 3.63) is 47.5 Å². The summed E-state index contributed by atoms with van der Waals surface area (Å²) in [5.74, 6) is 5.43. The van der Waals surface area contributed by atoms with Gasteiger partial charge in [0.05, 0.1) is 19.3 Å². The Balaban J connectivity index is 2.31. The first-order valence-corrected chi connectivity index (χ1v) is 6.51. The van der Waals surface area contributed by atoms with Gasteiger partial charge in [0.1, 0.15) is 0 Å². The molecule has 0 amide bonds. The van der Waals surface area contributed by atoms with Crippen molar-refractivity contribution in [1.82, 2.24) is 15.2 Å².